The predicted molar refractivity (Wildman–Crippen MR) is 111 cm³/mol. The van der Waals surface area contributed by atoms with Gasteiger partial charge in [0.25, 0.3) is 5.91 Å². The number of amides is 1. The fourth-order valence-electron chi connectivity index (χ4n) is 4.41. The molecule has 2 aliphatic rings. The van der Waals surface area contributed by atoms with E-state index < -0.39 is 5.97 Å². The first-order valence-corrected chi connectivity index (χ1v) is 11.0. The van der Waals surface area contributed by atoms with Gasteiger partial charge >= 0.3 is 5.97 Å². The molecule has 9 heteroatoms. The van der Waals surface area contributed by atoms with Gasteiger partial charge in [-0.05, 0) is 44.9 Å². The van der Waals surface area contributed by atoms with Crippen molar-refractivity contribution in [3.63, 3.8) is 0 Å². The zero-order valence-electron chi connectivity index (χ0n) is 18.5. The highest BCUT2D eigenvalue weighted by Crippen LogP contribution is 2.37. The molecule has 1 fully saturated rings. The first-order chi connectivity index (χ1) is 14.9. The van der Waals surface area contributed by atoms with Crippen molar-refractivity contribution in [1.29, 1.82) is 0 Å². The number of aryl methyl sites for hydroxylation is 3. The molecule has 1 amide bonds. The van der Waals surface area contributed by atoms with Gasteiger partial charge in [-0.3, -0.25) is 9.48 Å². The van der Waals surface area contributed by atoms with Crippen LogP contribution in [0.1, 0.15) is 69.7 Å². The number of carbonyl (C=O) groups excluding carboxylic acids is 2. The van der Waals surface area contributed by atoms with Gasteiger partial charge in [0, 0.05) is 38.3 Å². The minimum Gasteiger partial charge on any atom is -0.461 e. The molecule has 1 N–H and O–H groups in total. The van der Waals surface area contributed by atoms with Gasteiger partial charge in [-0.25, -0.2) is 4.79 Å². The number of nitrogens with zero attached hydrogens (tertiary/aromatic N) is 3. The molecule has 168 valence electrons. The summed E-state index contributed by atoms with van der Waals surface area (Å²) >= 11 is 0. The van der Waals surface area contributed by atoms with Crippen LogP contribution >= 0.6 is 0 Å². The summed E-state index contributed by atoms with van der Waals surface area (Å²) in [5.41, 5.74) is 3.46. The van der Waals surface area contributed by atoms with Crippen LogP contribution in [0.25, 0.3) is 0 Å². The van der Waals surface area contributed by atoms with Crippen LogP contribution in [0.15, 0.2) is 4.52 Å². The fourth-order valence-corrected chi connectivity index (χ4v) is 4.41. The monoisotopic (exact) mass is 430 g/mol. The lowest BCUT2D eigenvalue weighted by Gasteiger charge is -2.36. The smallest absolute Gasteiger partial charge is 0.360 e. The molecule has 4 heterocycles. The summed E-state index contributed by atoms with van der Waals surface area (Å²) in [6, 6.07) is 0. The summed E-state index contributed by atoms with van der Waals surface area (Å²) in [5.74, 6) is 0.0896. The van der Waals surface area contributed by atoms with Crippen molar-refractivity contribution in [2.45, 2.75) is 59.4 Å². The highest BCUT2D eigenvalue weighted by atomic mass is 16.5. The van der Waals surface area contributed by atoms with Crippen molar-refractivity contribution in [1.82, 2.24) is 20.3 Å². The van der Waals surface area contributed by atoms with Gasteiger partial charge in [-0.2, -0.15) is 5.10 Å². The molecule has 0 radical (unpaired) electrons. The van der Waals surface area contributed by atoms with E-state index >= 15 is 0 Å². The van der Waals surface area contributed by atoms with Crippen LogP contribution in [-0.2, 0) is 28.9 Å². The summed E-state index contributed by atoms with van der Waals surface area (Å²) in [6.07, 6.45) is 3.94. The number of fused-ring (bicyclic) bond motifs is 1. The van der Waals surface area contributed by atoms with E-state index in [4.69, 9.17) is 19.1 Å². The number of aromatic nitrogens is 3. The van der Waals surface area contributed by atoms with Gasteiger partial charge in [0.05, 0.1) is 23.6 Å². The normalized spacial score (nSPS) is 17.8. The maximum absolute atomic E-state index is 12.9. The van der Waals surface area contributed by atoms with E-state index in [0.717, 1.165) is 49.4 Å². The lowest BCUT2D eigenvalue weighted by atomic mass is 9.76. The molecule has 1 saturated heterocycles. The van der Waals surface area contributed by atoms with Gasteiger partial charge in [0.2, 0.25) is 0 Å². The van der Waals surface area contributed by atoms with E-state index in [1.165, 1.54) is 0 Å². The SMILES string of the molecule is CCc1nn(CCCOC(=O)c2noc(C)c2C)c2c1C(=O)NCC1(CCOCC1)C2. The van der Waals surface area contributed by atoms with Gasteiger partial charge in [0.1, 0.15) is 5.76 Å². The van der Waals surface area contributed by atoms with Gasteiger partial charge < -0.3 is 19.3 Å². The molecule has 0 saturated carbocycles. The maximum Gasteiger partial charge on any atom is 0.360 e. The molecule has 0 unspecified atom stereocenters. The van der Waals surface area contributed by atoms with E-state index in [1.807, 2.05) is 11.6 Å². The molecule has 1 spiro atoms. The molecule has 0 atom stereocenters. The Morgan fingerprint density at radius 3 is 2.74 bits per heavy atom. The van der Waals surface area contributed by atoms with Crippen molar-refractivity contribution in [3.8, 4) is 0 Å². The largest absolute Gasteiger partial charge is 0.461 e. The molecule has 4 rings (SSSR count). The summed E-state index contributed by atoms with van der Waals surface area (Å²) in [5, 5.41) is 11.6. The second-order valence-electron chi connectivity index (χ2n) is 8.52. The van der Waals surface area contributed by atoms with Crippen LogP contribution in [0, 0.1) is 19.3 Å². The topological polar surface area (TPSA) is 108 Å². The van der Waals surface area contributed by atoms with Crippen LogP contribution in [0.2, 0.25) is 0 Å². The van der Waals surface area contributed by atoms with Crippen molar-refractivity contribution < 1.29 is 23.6 Å². The number of esters is 1. The van der Waals surface area contributed by atoms with E-state index in [1.54, 1.807) is 13.8 Å². The summed E-state index contributed by atoms with van der Waals surface area (Å²) in [4.78, 5) is 25.1. The standard InChI is InChI=1S/C22H30N4O5/c1-4-16-18-17(12-22(13-23-20(18)27)6-10-29-11-7-22)26(24-16)8-5-9-30-21(28)19-14(2)15(3)31-25-19/h4-13H2,1-3H3,(H,23,27). The third-order valence-electron chi connectivity index (χ3n) is 6.51. The van der Waals surface area contributed by atoms with Crippen LogP contribution < -0.4 is 5.32 Å². The lowest BCUT2D eigenvalue weighted by Crippen LogP contribution is -2.40. The highest BCUT2D eigenvalue weighted by molar-refractivity contribution is 5.97. The Kier molecular flexibility index (Phi) is 6.13. The summed E-state index contributed by atoms with van der Waals surface area (Å²) < 4.78 is 17.9. The molecule has 0 aliphatic carbocycles. The van der Waals surface area contributed by atoms with Crippen molar-refractivity contribution in [2.75, 3.05) is 26.4 Å². The number of hydrogen-bond donors (Lipinski definition) is 1. The Labute approximate surface area is 181 Å². The average molecular weight is 431 g/mol. The van der Waals surface area contributed by atoms with Gasteiger partial charge in [0.15, 0.2) is 5.69 Å². The second-order valence-corrected chi connectivity index (χ2v) is 8.52. The van der Waals surface area contributed by atoms with Crippen LogP contribution in [-0.4, -0.2) is 53.2 Å². The first kappa shape index (κ1) is 21.5. The predicted octanol–water partition coefficient (Wildman–Crippen LogP) is 2.38. The van der Waals surface area contributed by atoms with E-state index in [0.29, 0.717) is 37.3 Å². The quantitative estimate of drug-likeness (QED) is 0.554. The zero-order chi connectivity index (χ0) is 22.0. The van der Waals surface area contributed by atoms with Gasteiger partial charge in [-0.15, -0.1) is 0 Å². The molecule has 0 aromatic carbocycles. The molecular weight excluding hydrogens is 400 g/mol. The van der Waals surface area contributed by atoms with Gasteiger partial charge in [-0.1, -0.05) is 12.1 Å². The van der Waals surface area contributed by atoms with E-state index in [-0.39, 0.29) is 23.6 Å². The van der Waals surface area contributed by atoms with Crippen molar-refractivity contribution in [3.05, 3.63) is 34.0 Å². The summed E-state index contributed by atoms with van der Waals surface area (Å²) in [6.45, 7) is 8.48. The number of carbonyl (C=O) groups is 2. The summed E-state index contributed by atoms with van der Waals surface area (Å²) in [7, 11) is 0. The number of hydrogen-bond acceptors (Lipinski definition) is 7. The molecule has 2 aromatic heterocycles. The number of nitrogens with one attached hydrogen (secondary N) is 1. The van der Waals surface area contributed by atoms with Crippen LogP contribution in [0.4, 0.5) is 0 Å². The number of ether oxygens (including phenoxy) is 2. The molecule has 31 heavy (non-hydrogen) atoms. The molecule has 9 nitrogen and oxygen atoms in total. The third kappa shape index (κ3) is 4.23. The Morgan fingerprint density at radius 1 is 1.29 bits per heavy atom. The Hall–Kier alpha value is -2.68. The lowest BCUT2D eigenvalue weighted by molar-refractivity contribution is 0.0152. The molecule has 0 bridgehead atoms. The fraction of sp³-hybridized carbons (Fsp3) is 0.636. The zero-order valence-corrected chi connectivity index (χ0v) is 18.5. The van der Waals surface area contributed by atoms with Crippen molar-refractivity contribution >= 4 is 11.9 Å². The third-order valence-corrected chi connectivity index (χ3v) is 6.51. The van der Waals surface area contributed by atoms with E-state index in [9.17, 15) is 9.59 Å². The minimum atomic E-state index is -0.483. The Morgan fingerprint density at radius 2 is 2.06 bits per heavy atom. The average Bonchev–Trinajstić information content (AvgIpc) is 3.25. The maximum atomic E-state index is 12.9. The second kappa shape index (κ2) is 8.82. The Bertz CT molecular complexity index is 971. The molecule has 2 aromatic rings. The van der Waals surface area contributed by atoms with Crippen LogP contribution in [0.5, 0.6) is 0 Å². The highest BCUT2D eigenvalue weighted by Gasteiger charge is 2.39. The minimum absolute atomic E-state index is 0.0107. The van der Waals surface area contributed by atoms with Crippen molar-refractivity contribution in [2.24, 2.45) is 5.41 Å². The number of rotatable bonds is 6. The van der Waals surface area contributed by atoms with Crippen LogP contribution in [0.3, 0.4) is 0 Å². The first-order valence-electron chi connectivity index (χ1n) is 11.0. The Balaban J connectivity index is 1.46. The molecular formula is C22H30N4O5. The van der Waals surface area contributed by atoms with E-state index in [2.05, 4.69) is 10.5 Å². The molecule has 2 aliphatic heterocycles.